The predicted molar refractivity (Wildman–Crippen MR) is 129 cm³/mol. The molecule has 0 aliphatic heterocycles. The molecule has 1 atom stereocenters. The van der Waals surface area contributed by atoms with Crippen molar-refractivity contribution in [3.8, 4) is 11.6 Å². The van der Waals surface area contributed by atoms with Gasteiger partial charge in [-0.3, -0.25) is 14.5 Å². The number of thiophene rings is 1. The normalized spacial score (nSPS) is 12.4. The van der Waals surface area contributed by atoms with Crippen LogP contribution >= 0.6 is 11.3 Å². The zero-order chi connectivity index (χ0) is 25.2. The SMILES string of the molecule is Cc1ccc(-c2nnn(CC(=O)N(c3cccc(F)c3)C(C(=O)NC(C)(C)C)c3cccs3)n2)o1. The first-order valence-corrected chi connectivity index (χ1v) is 11.8. The smallest absolute Gasteiger partial charge is 0.251 e. The fraction of sp³-hybridized carbons (Fsp3) is 0.292. The summed E-state index contributed by atoms with van der Waals surface area (Å²) < 4.78 is 19.7. The van der Waals surface area contributed by atoms with E-state index >= 15 is 0 Å². The first-order valence-electron chi connectivity index (χ1n) is 10.9. The van der Waals surface area contributed by atoms with Gasteiger partial charge in [-0.1, -0.05) is 12.1 Å². The number of rotatable bonds is 7. The van der Waals surface area contributed by atoms with E-state index in [9.17, 15) is 14.0 Å². The molecule has 2 amide bonds. The van der Waals surface area contributed by atoms with Crippen molar-refractivity contribution in [3.05, 3.63) is 70.4 Å². The Hall–Kier alpha value is -3.86. The number of anilines is 1. The maximum absolute atomic E-state index is 14.2. The third-order valence-electron chi connectivity index (χ3n) is 4.86. The molecule has 4 aromatic rings. The van der Waals surface area contributed by atoms with Gasteiger partial charge in [-0.05, 0) is 74.7 Å². The number of halogens is 1. The summed E-state index contributed by atoms with van der Waals surface area (Å²) in [5.41, 5.74) is -0.313. The largest absolute Gasteiger partial charge is 0.458 e. The molecule has 0 spiro atoms. The molecule has 0 saturated heterocycles. The monoisotopic (exact) mass is 496 g/mol. The van der Waals surface area contributed by atoms with E-state index in [0.29, 0.717) is 16.4 Å². The summed E-state index contributed by atoms with van der Waals surface area (Å²) in [7, 11) is 0. The van der Waals surface area contributed by atoms with Gasteiger partial charge in [-0.25, -0.2) is 4.39 Å². The molecule has 0 aliphatic carbocycles. The van der Waals surface area contributed by atoms with Crippen LogP contribution in [0.2, 0.25) is 0 Å². The van der Waals surface area contributed by atoms with Gasteiger partial charge >= 0.3 is 0 Å². The Morgan fingerprint density at radius 2 is 2.00 bits per heavy atom. The molecule has 0 bridgehead atoms. The van der Waals surface area contributed by atoms with Gasteiger partial charge in [0.05, 0.1) is 0 Å². The molecule has 4 rings (SSSR count). The maximum Gasteiger partial charge on any atom is 0.251 e. The number of hydrogen-bond donors (Lipinski definition) is 1. The van der Waals surface area contributed by atoms with Gasteiger partial charge < -0.3 is 9.73 Å². The van der Waals surface area contributed by atoms with Crippen LogP contribution in [0.25, 0.3) is 11.6 Å². The third-order valence-corrected chi connectivity index (χ3v) is 5.79. The number of carbonyl (C=O) groups is 2. The molecule has 35 heavy (non-hydrogen) atoms. The summed E-state index contributed by atoms with van der Waals surface area (Å²) in [5.74, 6) is -0.106. The first kappa shape index (κ1) is 24.3. The molecule has 3 heterocycles. The van der Waals surface area contributed by atoms with Gasteiger partial charge in [0.2, 0.25) is 11.7 Å². The molecule has 9 nitrogen and oxygen atoms in total. The Balaban J connectivity index is 1.71. The number of amides is 2. The van der Waals surface area contributed by atoms with Crippen molar-refractivity contribution in [1.82, 2.24) is 25.5 Å². The lowest BCUT2D eigenvalue weighted by Gasteiger charge is -2.33. The molecule has 3 aromatic heterocycles. The van der Waals surface area contributed by atoms with Crippen molar-refractivity contribution in [2.75, 3.05) is 4.90 Å². The quantitative estimate of drug-likeness (QED) is 0.412. The topological polar surface area (TPSA) is 106 Å². The van der Waals surface area contributed by atoms with Gasteiger partial charge in [0.1, 0.15) is 24.2 Å². The van der Waals surface area contributed by atoms with Crippen LogP contribution in [0.1, 0.15) is 37.5 Å². The molecule has 0 radical (unpaired) electrons. The second-order valence-corrected chi connectivity index (χ2v) is 9.93. The van der Waals surface area contributed by atoms with Crippen molar-refractivity contribution >= 4 is 28.8 Å². The summed E-state index contributed by atoms with van der Waals surface area (Å²) in [4.78, 5) is 30.1. The molecule has 1 aromatic carbocycles. The lowest BCUT2D eigenvalue weighted by atomic mass is 10.1. The molecule has 182 valence electrons. The van der Waals surface area contributed by atoms with E-state index in [1.54, 1.807) is 37.3 Å². The number of aromatic nitrogens is 4. The number of hydrogen-bond acceptors (Lipinski definition) is 7. The molecule has 11 heteroatoms. The summed E-state index contributed by atoms with van der Waals surface area (Å²) >= 11 is 1.33. The summed E-state index contributed by atoms with van der Waals surface area (Å²) in [6.07, 6.45) is 0. The molecule has 0 fully saturated rings. The van der Waals surface area contributed by atoms with E-state index in [4.69, 9.17) is 4.42 Å². The Labute approximate surface area is 205 Å². The summed E-state index contributed by atoms with van der Waals surface area (Å²) in [6.45, 7) is 7.02. The molecule has 1 unspecified atom stereocenters. The second kappa shape index (κ2) is 9.79. The fourth-order valence-corrected chi connectivity index (χ4v) is 4.30. The van der Waals surface area contributed by atoms with Gasteiger partial charge in [0.15, 0.2) is 5.76 Å². The van der Waals surface area contributed by atoms with E-state index in [1.165, 1.54) is 34.4 Å². The molecule has 0 saturated carbocycles. The van der Waals surface area contributed by atoms with Gasteiger partial charge in [-0.15, -0.1) is 21.5 Å². The Morgan fingerprint density at radius 1 is 1.20 bits per heavy atom. The minimum Gasteiger partial charge on any atom is -0.458 e. The number of aryl methyl sites for hydroxylation is 1. The van der Waals surface area contributed by atoms with Crippen LogP contribution in [0.4, 0.5) is 10.1 Å². The summed E-state index contributed by atoms with van der Waals surface area (Å²) in [6, 6.07) is 11.6. The first-order chi connectivity index (χ1) is 16.6. The van der Waals surface area contributed by atoms with Gasteiger partial charge in [0, 0.05) is 16.1 Å². The van der Waals surface area contributed by atoms with Crippen molar-refractivity contribution < 1.29 is 18.4 Å². The van der Waals surface area contributed by atoms with Crippen molar-refractivity contribution in [3.63, 3.8) is 0 Å². The van der Waals surface area contributed by atoms with Crippen LogP contribution in [0.5, 0.6) is 0 Å². The lowest BCUT2D eigenvalue weighted by molar-refractivity contribution is -0.128. The van der Waals surface area contributed by atoms with E-state index in [2.05, 4.69) is 20.7 Å². The van der Waals surface area contributed by atoms with Gasteiger partial charge in [0.25, 0.3) is 5.91 Å². The highest BCUT2D eigenvalue weighted by molar-refractivity contribution is 7.10. The Bertz CT molecular complexity index is 1320. The van der Waals surface area contributed by atoms with Gasteiger partial charge in [-0.2, -0.15) is 4.80 Å². The average Bonchev–Trinajstić information content (AvgIpc) is 3.52. The maximum atomic E-state index is 14.2. The standard InChI is InChI=1S/C24H25FN6O3S/c1-15-10-11-18(34-15)22-27-29-30(28-22)14-20(32)31(17-8-5-7-16(25)13-17)21(19-9-6-12-35-19)23(33)26-24(2,3)4/h5-13,21H,14H2,1-4H3,(H,26,33). The molecular weight excluding hydrogens is 471 g/mol. The van der Waals surface area contributed by atoms with Crippen LogP contribution in [-0.2, 0) is 16.1 Å². The van der Waals surface area contributed by atoms with E-state index in [-0.39, 0.29) is 18.1 Å². The van der Waals surface area contributed by atoms with Crippen LogP contribution < -0.4 is 10.2 Å². The number of carbonyl (C=O) groups excluding carboxylic acids is 2. The highest BCUT2D eigenvalue weighted by atomic mass is 32.1. The minimum atomic E-state index is -1.03. The number of nitrogens with zero attached hydrogens (tertiary/aromatic N) is 5. The Kier molecular flexibility index (Phi) is 6.79. The zero-order valence-corrected chi connectivity index (χ0v) is 20.5. The van der Waals surface area contributed by atoms with Crippen LogP contribution in [0, 0.1) is 12.7 Å². The van der Waals surface area contributed by atoms with E-state index in [0.717, 1.165) is 4.80 Å². The van der Waals surface area contributed by atoms with Crippen molar-refractivity contribution in [2.45, 2.75) is 45.8 Å². The average molecular weight is 497 g/mol. The second-order valence-electron chi connectivity index (χ2n) is 8.95. The van der Waals surface area contributed by atoms with Crippen LogP contribution in [0.3, 0.4) is 0 Å². The fourth-order valence-electron chi connectivity index (χ4n) is 3.48. The van der Waals surface area contributed by atoms with E-state index in [1.807, 2.05) is 26.2 Å². The molecule has 0 aliphatic rings. The number of benzene rings is 1. The minimum absolute atomic E-state index is 0.225. The number of nitrogens with one attached hydrogen (secondary N) is 1. The molecule has 1 N–H and O–H groups in total. The lowest BCUT2D eigenvalue weighted by Crippen LogP contribution is -2.50. The molecular formula is C24H25FN6O3S. The van der Waals surface area contributed by atoms with E-state index < -0.39 is 29.2 Å². The number of furan rings is 1. The highest BCUT2D eigenvalue weighted by Gasteiger charge is 2.35. The Morgan fingerprint density at radius 3 is 2.63 bits per heavy atom. The van der Waals surface area contributed by atoms with Crippen molar-refractivity contribution in [2.24, 2.45) is 0 Å². The number of tetrazole rings is 1. The third kappa shape index (κ3) is 5.80. The van der Waals surface area contributed by atoms with Crippen LogP contribution in [0.15, 0.2) is 58.3 Å². The van der Waals surface area contributed by atoms with Crippen molar-refractivity contribution in [1.29, 1.82) is 0 Å². The highest BCUT2D eigenvalue weighted by Crippen LogP contribution is 2.32. The predicted octanol–water partition coefficient (Wildman–Crippen LogP) is 4.13. The zero-order valence-electron chi connectivity index (χ0n) is 19.7. The van der Waals surface area contributed by atoms with Crippen LogP contribution in [-0.4, -0.2) is 37.6 Å². The summed E-state index contributed by atoms with van der Waals surface area (Å²) in [5, 5.41) is 16.9.